The number of carbonyl (C=O) groups is 2. The van der Waals surface area contributed by atoms with E-state index < -0.39 is 0 Å². The van der Waals surface area contributed by atoms with Crippen LogP contribution < -0.4 is 5.32 Å². The van der Waals surface area contributed by atoms with Crippen molar-refractivity contribution in [2.75, 3.05) is 52.5 Å². The largest absolute Gasteiger partial charge is 0.466 e. The van der Waals surface area contributed by atoms with Gasteiger partial charge >= 0.3 is 5.97 Å². The summed E-state index contributed by atoms with van der Waals surface area (Å²) in [6.07, 6.45) is 6.98. The fraction of sp³-hybridized carbons (Fsp3) is 0.762. The van der Waals surface area contributed by atoms with Crippen LogP contribution in [-0.2, 0) is 19.1 Å². The molecule has 29 heavy (non-hydrogen) atoms. The normalized spacial score (nSPS) is 19.5. The monoisotopic (exact) mass is 408 g/mol. The first-order valence-electron chi connectivity index (χ1n) is 10.8. The van der Waals surface area contributed by atoms with Crippen LogP contribution in [0.15, 0.2) is 17.4 Å². The first kappa shape index (κ1) is 23.3. The maximum atomic E-state index is 12.5. The third kappa shape index (κ3) is 8.95. The highest BCUT2D eigenvalue weighted by atomic mass is 16.5. The second kappa shape index (κ2) is 13.3. The van der Waals surface area contributed by atoms with E-state index in [-0.39, 0.29) is 11.9 Å². The van der Waals surface area contributed by atoms with E-state index in [9.17, 15) is 9.59 Å². The molecule has 1 N–H and O–H groups in total. The van der Waals surface area contributed by atoms with Gasteiger partial charge in [-0.3, -0.25) is 19.5 Å². The number of hydrogen-bond acceptors (Lipinski definition) is 7. The molecule has 2 aliphatic rings. The number of likely N-dealkylation sites (tertiary alicyclic amines) is 1. The molecule has 0 saturated carbocycles. The SMILES string of the molecule is CCOC(=O)CCN/C=C\N=C(C)CCC(=O)N1CCC(N2CCOCC2)CC1. The zero-order chi connectivity index (χ0) is 20.9. The molecule has 1 amide bonds. The van der Waals surface area contributed by atoms with Gasteiger partial charge in [0.15, 0.2) is 0 Å². The van der Waals surface area contributed by atoms with Crippen molar-refractivity contribution >= 4 is 17.6 Å². The highest BCUT2D eigenvalue weighted by Crippen LogP contribution is 2.18. The van der Waals surface area contributed by atoms with Gasteiger partial charge in [0.2, 0.25) is 5.91 Å². The van der Waals surface area contributed by atoms with Crippen molar-refractivity contribution in [2.24, 2.45) is 4.99 Å². The quantitative estimate of drug-likeness (QED) is 0.336. The van der Waals surface area contributed by atoms with E-state index >= 15 is 0 Å². The van der Waals surface area contributed by atoms with Crippen LogP contribution in [0.25, 0.3) is 0 Å². The summed E-state index contributed by atoms with van der Waals surface area (Å²) in [5.74, 6) is 0.0112. The molecule has 2 saturated heterocycles. The minimum absolute atomic E-state index is 0.208. The first-order valence-corrected chi connectivity index (χ1v) is 10.8. The number of carbonyl (C=O) groups excluding carboxylic acids is 2. The Morgan fingerprint density at radius 1 is 1.14 bits per heavy atom. The topological polar surface area (TPSA) is 83.5 Å². The van der Waals surface area contributed by atoms with Crippen molar-refractivity contribution < 1.29 is 19.1 Å². The Hall–Kier alpha value is -1.93. The molecule has 0 spiro atoms. The second-order valence-electron chi connectivity index (χ2n) is 7.45. The molecule has 2 heterocycles. The molecule has 2 aliphatic heterocycles. The zero-order valence-electron chi connectivity index (χ0n) is 17.9. The molecular weight excluding hydrogens is 372 g/mol. The first-order chi connectivity index (χ1) is 14.1. The average Bonchev–Trinajstić information content (AvgIpc) is 2.75. The van der Waals surface area contributed by atoms with Gasteiger partial charge in [0.25, 0.3) is 0 Å². The summed E-state index contributed by atoms with van der Waals surface area (Å²) >= 11 is 0. The van der Waals surface area contributed by atoms with E-state index in [1.54, 1.807) is 19.3 Å². The van der Waals surface area contributed by atoms with Crippen LogP contribution >= 0.6 is 0 Å². The van der Waals surface area contributed by atoms with Crippen molar-refractivity contribution in [3.63, 3.8) is 0 Å². The van der Waals surface area contributed by atoms with Gasteiger partial charge in [-0.05, 0) is 33.1 Å². The Labute approximate surface area is 174 Å². The van der Waals surface area contributed by atoms with E-state index in [2.05, 4.69) is 15.2 Å². The molecule has 0 unspecified atom stereocenters. The third-order valence-corrected chi connectivity index (χ3v) is 5.35. The van der Waals surface area contributed by atoms with E-state index in [1.807, 2.05) is 11.8 Å². The molecule has 8 nitrogen and oxygen atoms in total. The molecule has 0 aromatic rings. The fourth-order valence-electron chi connectivity index (χ4n) is 3.64. The number of ether oxygens (including phenoxy) is 2. The summed E-state index contributed by atoms with van der Waals surface area (Å²) in [5, 5.41) is 3.00. The van der Waals surface area contributed by atoms with Gasteiger partial charge in [-0.25, -0.2) is 0 Å². The lowest BCUT2D eigenvalue weighted by Crippen LogP contribution is -2.50. The lowest BCUT2D eigenvalue weighted by molar-refractivity contribution is -0.143. The minimum Gasteiger partial charge on any atom is -0.466 e. The molecular formula is C21H36N4O4. The Morgan fingerprint density at radius 2 is 1.86 bits per heavy atom. The number of nitrogens with zero attached hydrogens (tertiary/aromatic N) is 3. The molecule has 0 aliphatic carbocycles. The van der Waals surface area contributed by atoms with Gasteiger partial charge in [0.05, 0.1) is 26.2 Å². The van der Waals surface area contributed by atoms with E-state index in [0.717, 1.165) is 57.9 Å². The van der Waals surface area contributed by atoms with Crippen LogP contribution in [0.2, 0.25) is 0 Å². The molecule has 8 heteroatoms. The Bertz CT molecular complexity index is 565. The number of aliphatic imine (C=N–C) groups is 1. The molecule has 0 radical (unpaired) electrons. The van der Waals surface area contributed by atoms with Gasteiger partial charge < -0.3 is 19.7 Å². The number of nitrogens with one attached hydrogen (secondary N) is 1. The summed E-state index contributed by atoms with van der Waals surface area (Å²) in [5.41, 5.74) is 0.921. The highest BCUT2D eigenvalue weighted by Gasteiger charge is 2.27. The second-order valence-corrected chi connectivity index (χ2v) is 7.45. The minimum atomic E-state index is -0.208. The summed E-state index contributed by atoms with van der Waals surface area (Å²) in [7, 11) is 0. The third-order valence-electron chi connectivity index (χ3n) is 5.35. The van der Waals surface area contributed by atoms with Crippen LogP contribution in [0, 0.1) is 0 Å². The number of rotatable bonds is 10. The van der Waals surface area contributed by atoms with E-state index in [4.69, 9.17) is 9.47 Å². The lowest BCUT2D eigenvalue weighted by Gasteiger charge is -2.40. The standard InChI is InChI=1S/C21H36N4O4/c1-3-29-21(27)6-9-22-10-11-23-18(2)4-5-20(26)25-12-7-19(8-13-25)24-14-16-28-17-15-24/h10-11,19,22H,3-9,12-17H2,1-2H3/b11-10-,23-18?. The van der Waals surface area contributed by atoms with Gasteiger partial charge in [0.1, 0.15) is 0 Å². The van der Waals surface area contributed by atoms with Crippen molar-refractivity contribution in [1.82, 2.24) is 15.1 Å². The highest BCUT2D eigenvalue weighted by molar-refractivity contribution is 5.87. The number of morpholine rings is 1. The molecule has 164 valence electrons. The predicted molar refractivity (Wildman–Crippen MR) is 113 cm³/mol. The van der Waals surface area contributed by atoms with Crippen LogP contribution in [0.1, 0.15) is 46.0 Å². The molecule has 0 aromatic heterocycles. The van der Waals surface area contributed by atoms with E-state index in [0.29, 0.717) is 38.5 Å². The maximum absolute atomic E-state index is 12.5. The number of hydrogen-bond donors (Lipinski definition) is 1. The smallest absolute Gasteiger partial charge is 0.307 e. The Morgan fingerprint density at radius 3 is 2.55 bits per heavy atom. The molecule has 0 aromatic carbocycles. The van der Waals surface area contributed by atoms with Gasteiger partial charge in [-0.1, -0.05) is 0 Å². The number of esters is 1. The Balaban J connectivity index is 1.58. The zero-order valence-corrected chi connectivity index (χ0v) is 17.9. The molecule has 0 atom stereocenters. The van der Waals surface area contributed by atoms with Gasteiger partial charge in [-0.15, -0.1) is 0 Å². The fourth-order valence-corrected chi connectivity index (χ4v) is 3.64. The van der Waals surface area contributed by atoms with Crippen molar-refractivity contribution in [3.05, 3.63) is 12.4 Å². The van der Waals surface area contributed by atoms with Crippen molar-refractivity contribution in [1.29, 1.82) is 0 Å². The summed E-state index contributed by atoms with van der Waals surface area (Å²) in [6, 6.07) is 0.590. The predicted octanol–water partition coefficient (Wildman–Crippen LogP) is 1.56. The van der Waals surface area contributed by atoms with Gasteiger partial charge in [-0.2, -0.15) is 0 Å². The van der Waals surface area contributed by atoms with Crippen LogP contribution in [0.4, 0.5) is 0 Å². The van der Waals surface area contributed by atoms with E-state index in [1.165, 1.54) is 0 Å². The Kier molecular flexibility index (Phi) is 10.7. The number of amides is 1. The number of piperidine rings is 1. The van der Waals surface area contributed by atoms with Crippen LogP contribution in [0.5, 0.6) is 0 Å². The van der Waals surface area contributed by atoms with Crippen LogP contribution in [0.3, 0.4) is 0 Å². The van der Waals surface area contributed by atoms with Gasteiger partial charge in [0, 0.05) is 63.3 Å². The summed E-state index contributed by atoms with van der Waals surface area (Å²) in [6.45, 7) is 10.0. The molecule has 2 rings (SSSR count). The maximum Gasteiger partial charge on any atom is 0.307 e. The van der Waals surface area contributed by atoms with Crippen molar-refractivity contribution in [2.45, 2.75) is 52.0 Å². The van der Waals surface area contributed by atoms with Crippen LogP contribution in [-0.4, -0.2) is 86.0 Å². The molecule has 2 fully saturated rings. The average molecular weight is 409 g/mol. The summed E-state index contributed by atoms with van der Waals surface area (Å²) in [4.78, 5) is 32.5. The molecule has 0 bridgehead atoms. The summed E-state index contributed by atoms with van der Waals surface area (Å²) < 4.78 is 10.3. The lowest BCUT2D eigenvalue weighted by atomic mass is 10.0. The van der Waals surface area contributed by atoms with Crippen molar-refractivity contribution in [3.8, 4) is 0 Å².